The predicted molar refractivity (Wildman–Crippen MR) is 88.5 cm³/mol. The van der Waals surface area contributed by atoms with Crippen LogP contribution in [0.3, 0.4) is 0 Å². The van der Waals surface area contributed by atoms with Crippen molar-refractivity contribution in [2.45, 2.75) is 39.0 Å². The molecule has 0 spiro atoms. The van der Waals surface area contributed by atoms with Crippen LogP contribution in [-0.2, 0) is 0 Å². The van der Waals surface area contributed by atoms with Crippen LogP contribution < -0.4 is 5.32 Å². The van der Waals surface area contributed by atoms with E-state index < -0.39 is 0 Å². The lowest BCUT2D eigenvalue weighted by atomic mass is 9.94. The van der Waals surface area contributed by atoms with Gasteiger partial charge in [-0.2, -0.15) is 0 Å². The highest BCUT2D eigenvalue weighted by Crippen LogP contribution is 2.29. The summed E-state index contributed by atoms with van der Waals surface area (Å²) in [6.07, 6.45) is 3.82. The molecule has 0 saturated heterocycles. The molecule has 1 N–H and O–H groups in total. The molecule has 0 fully saturated rings. The average Bonchev–Trinajstić information content (AvgIpc) is 2.90. The third kappa shape index (κ3) is 3.90. The summed E-state index contributed by atoms with van der Waals surface area (Å²) >= 11 is 1.72. The molecule has 2 nitrogen and oxygen atoms in total. The molecule has 1 aromatic heterocycles. The normalized spacial score (nSPS) is 12.6. The largest absolute Gasteiger partial charge is 0.320 e. The van der Waals surface area contributed by atoms with Crippen molar-refractivity contribution in [2.75, 3.05) is 13.6 Å². The maximum absolute atomic E-state index is 4.32. The standard InChI is InChI=1S/C17H24N2S/c1-13(6-4-5-11-18-3)15-7-9-16(10-8-15)17-14(2)19-12-20-17/h7-10,12-13,18H,4-6,11H2,1-3H3. The molecular weight excluding hydrogens is 264 g/mol. The van der Waals surface area contributed by atoms with Gasteiger partial charge in [-0.3, -0.25) is 0 Å². The highest BCUT2D eigenvalue weighted by Gasteiger charge is 2.08. The molecule has 3 heteroatoms. The Morgan fingerprint density at radius 2 is 1.95 bits per heavy atom. The minimum absolute atomic E-state index is 0.642. The van der Waals surface area contributed by atoms with Crippen LogP contribution in [0.5, 0.6) is 0 Å². The molecular formula is C17H24N2S. The molecule has 2 aromatic rings. The fraction of sp³-hybridized carbons (Fsp3) is 0.471. The van der Waals surface area contributed by atoms with Crippen LogP contribution in [0.1, 0.15) is 43.4 Å². The second-order valence-electron chi connectivity index (χ2n) is 5.39. The number of benzene rings is 1. The highest BCUT2D eigenvalue weighted by molar-refractivity contribution is 7.13. The molecule has 1 atom stereocenters. The SMILES string of the molecule is CNCCCCC(C)c1ccc(-c2scnc2C)cc1. The topological polar surface area (TPSA) is 24.9 Å². The number of hydrogen-bond acceptors (Lipinski definition) is 3. The quantitative estimate of drug-likeness (QED) is 0.752. The number of aryl methyl sites for hydroxylation is 1. The van der Waals surface area contributed by atoms with E-state index in [4.69, 9.17) is 0 Å². The molecule has 0 aliphatic carbocycles. The lowest BCUT2D eigenvalue weighted by molar-refractivity contribution is 0.588. The first kappa shape index (κ1) is 15.2. The van der Waals surface area contributed by atoms with Gasteiger partial charge in [0.25, 0.3) is 0 Å². The van der Waals surface area contributed by atoms with Crippen molar-refractivity contribution in [1.29, 1.82) is 0 Å². The van der Waals surface area contributed by atoms with Crippen molar-refractivity contribution in [1.82, 2.24) is 10.3 Å². The zero-order valence-electron chi connectivity index (χ0n) is 12.6. The Morgan fingerprint density at radius 1 is 1.20 bits per heavy atom. The number of nitrogens with one attached hydrogen (secondary N) is 1. The molecule has 1 aromatic carbocycles. The minimum atomic E-state index is 0.642. The van der Waals surface area contributed by atoms with Crippen LogP contribution >= 0.6 is 11.3 Å². The van der Waals surface area contributed by atoms with Gasteiger partial charge in [0.2, 0.25) is 0 Å². The Morgan fingerprint density at radius 3 is 2.55 bits per heavy atom. The second-order valence-corrected chi connectivity index (χ2v) is 6.24. The summed E-state index contributed by atoms with van der Waals surface area (Å²) in [5, 5.41) is 3.20. The molecule has 2 rings (SSSR count). The van der Waals surface area contributed by atoms with Crippen LogP contribution in [0.4, 0.5) is 0 Å². The van der Waals surface area contributed by atoms with Crippen LogP contribution in [0.2, 0.25) is 0 Å². The van der Waals surface area contributed by atoms with Gasteiger partial charge in [0.15, 0.2) is 0 Å². The van der Waals surface area contributed by atoms with Crippen molar-refractivity contribution in [2.24, 2.45) is 0 Å². The number of unbranched alkanes of at least 4 members (excludes halogenated alkanes) is 1. The summed E-state index contributed by atoms with van der Waals surface area (Å²) < 4.78 is 0. The zero-order chi connectivity index (χ0) is 14.4. The van der Waals surface area contributed by atoms with Crippen molar-refractivity contribution < 1.29 is 0 Å². The molecule has 0 aliphatic heterocycles. The smallest absolute Gasteiger partial charge is 0.0801 e. The van der Waals surface area contributed by atoms with Gasteiger partial charge in [0, 0.05) is 0 Å². The van der Waals surface area contributed by atoms with Crippen LogP contribution in [0, 0.1) is 6.92 Å². The lowest BCUT2D eigenvalue weighted by Crippen LogP contribution is -2.07. The van der Waals surface area contributed by atoms with E-state index in [0.29, 0.717) is 5.92 Å². The number of aromatic nitrogens is 1. The minimum Gasteiger partial charge on any atom is -0.320 e. The molecule has 0 amide bonds. The fourth-order valence-corrected chi connectivity index (χ4v) is 3.27. The predicted octanol–water partition coefficient (Wildman–Crippen LogP) is 4.61. The monoisotopic (exact) mass is 288 g/mol. The van der Waals surface area contributed by atoms with Crippen LogP contribution in [-0.4, -0.2) is 18.6 Å². The van der Waals surface area contributed by atoms with E-state index in [1.54, 1.807) is 11.3 Å². The van der Waals surface area contributed by atoms with Gasteiger partial charge in [-0.1, -0.05) is 37.6 Å². The van der Waals surface area contributed by atoms with Gasteiger partial charge in [-0.25, -0.2) is 4.98 Å². The third-order valence-electron chi connectivity index (χ3n) is 3.80. The van der Waals surface area contributed by atoms with Gasteiger partial charge in [0.05, 0.1) is 16.1 Å². The number of nitrogens with zero attached hydrogens (tertiary/aromatic N) is 1. The zero-order valence-corrected chi connectivity index (χ0v) is 13.5. The summed E-state index contributed by atoms with van der Waals surface area (Å²) in [5.41, 5.74) is 5.78. The first-order valence-corrected chi connectivity index (χ1v) is 8.25. The van der Waals surface area contributed by atoms with E-state index in [9.17, 15) is 0 Å². The van der Waals surface area contributed by atoms with Crippen molar-refractivity contribution in [3.8, 4) is 10.4 Å². The molecule has 20 heavy (non-hydrogen) atoms. The number of hydrogen-bond donors (Lipinski definition) is 1. The van der Waals surface area contributed by atoms with E-state index in [-0.39, 0.29) is 0 Å². The third-order valence-corrected chi connectivity index (χ3v) is 4.78. The first-order chi connectivity index (χ1) is 9.72. The van der Waals surface area contributed by atoms with E-state index in [1.807, 2.05) is 12.6 Å². The van der Waals surface area contributed by atoms with E-state index in [0.717, 1.165) is 12.2 Å². The van der Waals surface area contributed by atoms with Gasteiger partial charge in [0.1, 0.15) is 0 Å². The maximum atomic E-state index is 4.32. The Bertz CT molecular complexity index is 516. The molecule has 1 heterocycles. The molecule has 0 saturated carbocycles. The van der Waals surface area contributed by atoms with Crippen molar-refractivity contribution in [3.05, 3.63) is 41.0 Å². The summed E-state index contributed by atoms with van der Waals surface area (Å²) in [6, 6.07) is 9.02. The summed E-state index contributed by atoms with van der Waals surface area (Å²) in [5.74, 6) is 0.642. The fourth-order valence-electron chi connectivity index (χ4n) is 2.46. The van der Waals surface area contributed by atoms with Gasteiger partial charge in [-0.05, 0) is 50.4 Å². The molecule has 108 valence electrons. The van der Waals surface area contributed by atoms with Gasteiger partial charge < -0.3 is 5.32 Å². The summed E-state index contributed by atoms with van der Waals surface area (Å²) in [6.45, 7) is 5.52. The maximum Gasteiger partial charge on any atom is 0.0801 e. The molecule has 0 aliphatic rings. The molecule has 0 radical (unpaired) electrons. The Labute approximate surface area is 126 Å². The molecule has 0 bridgehead atoms. The van der Waals surface area contributed by atoms with Crippen molar-refractivity contribution in [3.63, 3.8) is 0 Å². The lowest BCUT2D eigenvalue weighted by Gasteiger charge is -2.12. The Kier molecular flexibility index (Phi) is 5.74. The second kappa shape index (κ2) is 7.55. The molecule has 1 unspecified atom stereocenters. The van der Waals surface area contributed by atoms with E-state index >= 15 is 0 Å². The van der Waals surface area contributed by atoms with E-state index in [2.05, 4.69) is 48.4 Å². The van der Waals surface area contributed by atoms with Gasteiger partial charge in [-0.15, -0.1) is 11.3 Å². The van der Waals surface area contributed by atoms with Crippen LogP contribution in [0.25, 0.3) is 10.4 Å². The highest BCUT2D eigenvalue weighted by atomic mass is 32.1. The number of rotatable bonds is 7. The van der Waals surface area contributed by atoms with Crippen LogP contribution in [0.15, 0.2) is 29.8 Å². The summed E-state index contributed by atoms with van der Waals surface area (Å²) in [4.78, 5) is 5.61. The first-order valence-electron chi connectivity index (χ1n) is 7.37. The van der Waals surface area contributed by atoms with Gasteiger partial charge >= 0.3 is 0 Å². The Balaban J connectivity index is 1.96. The summed E-state index contributed by atoms with van der Waals surface area (Å²) in [7, 11) is 2.02. The Hall–Kier alpha value is -1.19. The average molecular weight is 288 g/mol. The van der Waals surface area contributed by atoms with E-state index in [1.165, 1.54) is 35.3 Å². The number of thiazole rings is 1. The van der Waals surface area contributed by atoms with Crippen molar-refractivity contribution >= 4 is 11.3 Å².